The molecular formula is C10H17N3O3. The van der Waals surface area contributed by atoms with Gasteiger partial charge in [0.2, 0.25) is 0 Å². The fraction of sp³-hybridized carbons (Fsp3) is 0.600. The van der Waals surface area contributed by atoms with Crippen LogP contribution in [0.4, 0.5) is 5.82 Å². The molecule has 1 heterocycles. The van der Waals surface area contributed by atoms with Crippen LogP contribution in [-0.4, -0.2) is 36.6 Å². The molecule has 90 valence electrons. The van der Waals surface area contributed by atoms with E-state index < -0.39 is 5.97 Å². The van der Waals surface area contributed by atoms with E-state index in [2.05, 4.69) is 9.84 Å². The second-order valence-electron chi connectivity index (χ2n) is 3.26. The van der Waals surface area contributed by atoms with Gasteiger partial charge in [-0.1, -0.05) is 0 Å². The number of nitrogens with zero attached hydrogens (tertiary/aromatic N) is 2. The van der Waals surface area contributed by atoms with Crippen molar-refractivity contribution in [1.29, 1.82) is 0 Å². The molecule has 2 N–H and O–H groups in total. The van der Waals surface area contributed by atoms with Gasteiger partial charge in [-0.3, -0.25) is 0 Å². The summed E-state index contributed by atoms with van der Waals surface area (Å²) in [6.07, 6.45) is 0.548. The molecule has 0 aliphatic rings. The third kappa shape index (κ3) is 2.33. The van der Waals surface area contributed by atoms with E-state index in [4.69, 9.17) is 10.5 Å². The van der Waals surface area contributed by atoms with Gasteiger partial charge in [-0.15, -0.1) is 0 Å². The van der Waals surface area contributed by atoms with E-state index in [1.165, 1.54) is 7.11 Å². The molecule has 0 spiro atoms. The number of nitrogens with two attached hydrogens (primary N) is 1. The highest BCUT2D eigenvalue weighted by atomic mass is 16.5. The summed E-state index contributed by atoms with van der Waals surface area (Å²) in [5.74, 6) is 0.0324. The van der Waals surface area contributed by atoms with E-state index >= 15 is 0 Å². The first kappa shape index (κ1) is 12.5. The van der Waals surface area contributed by atoms with Crippen LogP contribution in [0.15, 0.2) is 0 Å². The summed E-state index contributed by atoms with van der Waals surface area (Å²) < 4.78 is 11.2. The summed E-state index contributed by atoms with van der Waals surface area (Å²) >= 11 is 0. The Hall–Kier alpha value is -1.56. The first-order valence-corrected chi connectivity index (χ1v) is 5.08. The third-order valence-electron chi connectivity index (χ3n) is 2.33. The Balaban J connectivity index is 3.08. The lowest BCUT2D eigenvalue weighted by molar-refractivity contribution is 0.0591. The summed E-state index contributed by atoms with van der Waals surface area (Å²) in [5.41, 5.74) is 6.85. The van der Waals surface area contributed by atoms with Crippen molar-refractivity contribution < 1.29 is 14.3 Å². The Labute approximate surface area is 94.3 Å². The number of hydrogen-bond donors (Lipinski definition) is 1. The van der Waals surface area contributed by atoms with Gasteiger partial charge in [-0.25, -0.2) is 9.48 Å². The highest BCUT2D eigenvalue weighted by Crippen LogP contribution is 2.18. The predicted octanol–water partition coefficient (Wildman–Crippen LogP) is 0.461. The summed E-state index contributed by atoms with van der Waals surface area (Å²) in [5, 5.41) is 4.11. The van der Waals surface area contributed by atoms with E-state index in [0.717, 1.165) is 0 Å². The van der Waals surface area contributed by atoms with Crippen LogP contribution < -0.4 is 5.73 Å². The van der Waals surface area contributed by atoms with E-state index in [9.17, 15) is 4.79 Å². The van der Waals surface area contributed by atoms with E-state index in [1.54, 1.807) is 11.8 Å². The average molecular weight is 227 g/mol. The highest BCUT2D eigenvalue weighted by Gasteiger charge is 2.20. The molecule has 0 saturated carbocycles. The molecule has 0 aliphatic heterocycles. The fourth-order valence-corrected chi connectivity index (χ4v) is 1.46. The fourth-order valence-electron chi connectivity index (χ4n) is 1.46. The smallest absolute Gasteiger partial charge is 0.358 e. The Bertz CT molecular complexity index is 374. The quantitative estimate of drug-likeness (QED) is 0.739. The lowest BCUT2D eigenvalue weighted by Gasteiger charge is -2.02. The molecule has 16 heavy (non-hydrogen) atoms. The first-order chi connectivity index (χ1) is 7.65. The molecule has 6 heteroatoms. The van der Waals surface area contributed by atoms with Crippen molar-refractivity contribution in [3.8, 4) is 0 Å². The second kappa shape index (κ2) is 5.50. The Morgan fingerprint density at radius 2 is 2.19 bits per heavy atom. The van der Waals surface area contributed by atoms with Crippen LogP contribution in [0.25, 0.3) is 0 Å². The average Bonchev–Trinajstić information content (AvgIpc) is 2.62. The van der Waals surface area contributed by atoms with Crippen LogP contribution in [0, 0.1) is 0 Å². The van der Waals surface area contributed by atoms with Crippen molar-refractivity contribution in [2.24, 2.45) is 0 Å². The monoisotopic (exact) mass is 227 g/mol. The standard InChI is InChI=1S/C10H17N3O3/c1-4-13-9(11)7(5-6-15-2)8(12-13)10(14)16-3/h4-6,11H2,1-3H3. The minimum Gasteiger partial charge on any atom is -0.464 e. The number of carbonyl (C=O) groups is 1. The molecule has 0 amide bonds. The van der Waals surface area contributed by atoms with Gasteiger partial charge >= 0.3 is 5.97 Å². The van der Waals surface area contributed by atoms with Crippen LogP contribution in [0.1, 0.15) is 23.0 Å². The SMILES string of the molecule is CCn1nc(C(=O)OC)c(CCOC)c1N. The molecule has 0 saturated heterocycles. The maximum atomic E-state index is 11.5. The maximum Gasteiger partial charge on any atom is 0.358 e. The van der Waals surface area contributed by atoms with Gasteiger partial charge in [0.15, 0.2) is 5.69 Å². The van der Waals surface area contributed by atoms with Gasteiger partial charge in [0, 0.05) is 25.6 Å². The predicted molar refractivity (Wildman–Crippen MR) is 59.2 cm³/mol. The van der Waals surface area contributed by atoms with E-state index in [-0.39, 0.29) is 5.69 Å². The van der Waals surface area contributed by atoms with Crippen LogP contribution in [0.5, 0.6) is 0 Å². The second-order valence-corrected chi connectivity index (χ2v) is 3.26. The molecule has 0 atom stereocenters. The summed E-state index contributed by atoms with van der Waals surface area (Å²) in [6, 6.07) is 0. The third-order valence-corrected chi connectivity index (χ3v) is 2.33. The normalized spacial score (nSPS) is 10.4. The number of carbonyl (C=O) groups excluding carboxylic acids is 1. The molecule has 0 radical (unpaired) electrons. The minimum atomic E-state index is -0.468. The van der Waals surface area contributed by atoms with Crippen LogP contribution >= 0.6 is 0 Å². The Morgan fingerprint density at radius 3 is 2.69 bits per heavy atom. The Morgan fingerprint density at radius 1 is 1.50 bits per heavy atom. The van der Waals surface area contributed by atoms with Crippen molar-refractivity contribution in [2.45, 2.75) is 19.9 Å². The largest absolute Gasteiger partial charge is 0.464 e. The molecule has 6 nitrogen and oxygen atoms in total. The number of methoxy groups -OCH3 is 2. The molecule has 0 fully saturated rings. The van der Waals surface area contributed by atoms with Crippen LogP contribution in [0.2, 0.25) is 0 Å². The Kier molecular flexibility index (Phi) is 4.30. The van der Waals surface area contributed by atoms with Gasteiger partial charge < -0.3 is 15.2 Å². The number of rotatable bonds is 5. The number of esters is 1. The van der Waals surface area contributed by atoms with Gasteiger partial charge in [0.25, 0.3) is 0 Å². The molecule has 1 aromatic rings. The van der Waals surface area contributed by atoms with Crippen molar-refractivity contribution in [3.63, 3.8) is 0 Å². The maximum absolute atomic E-state index is 11.5. The number of ether oxygens (including phenoxy) is 2. The van der Waals surface area contributed by atoms with Gasteiger partial charge in [-0.05, 0) is 6.92 Å². The molecule has 0 unspecified atom stereocenters. The molecule has 0 aromatic carbocycles. The van der Waals surface area contributed by atoms with Crippen molar-refractivity contribution in [3.05, 3.63) is 11.3 Å². The van der Waals surface area contributed by atoms with Crippen LogP contribution in [-0.2, 0) is 22.4 Å². The number of aromatic nitrogens is 2. The zero-order valence-corrected chi connectivity index (χ0v) is 9.82. The minimum absolute atomic E-state index is 0.277. The molecule has 1 rings (SSSR count). The van der Waals surface area contributed by atoms with E-state index in [0.29, 0.717) is 31.0 Å². The number of hydrogen-bond acceptors (Lipinski definition) is 5. The van der Waals surface area contributed by atoms with Crippen molar-refractivity contribution >= 4 is 11.8 Å². The highest BCUT2D eigenvalue weighted by molar-refractivity contribution is 5.90. The number of aryl methyl sites for hydroxylation is 1. The lowest BCUT2D eigenvalue weighted by atomic mass is 10.1. The van der Waals surface area contributed by atoms with Gasteiger partial charge in [0.05, 0.1) is 13.7 Å². The molecule has 0 bridgehead atoms. The number of nitrogen functional groups attached to an aromatic ring is 1. The summed E-state index contributed by atoms with van der Waals surface area (Å²) in [6.45, 7) is 3.01. The zero-order chi connectivity index (χ0) is 12.1. The van der Waals surface area contributed by atoms with E-state index in [1.807, 2.05) is 6.92 Å². The van der Waals surface area contributed by atoms with Crippen molar-refractivity contribution in [2.75, 3.05) is 26.6 Å². The number of anilines is 1. The zero-order valence-electron chi connectivity index (χ0n) is 9.82. The molecule has 1 aromatic heterocycles. The summed E-state index contributed by atoms with van der Waals surface area (Å²) in [7, 11) is 2.92. The molecular weight excluding hydrogens is 210 g/mol. The van der Waals surface area contributed by atoms with Crippen molar-refractivity contribution in [1.82, 2.24) is 9.78 Å². The van der Waals surface area contributed by atoms with Crippen LogP contribution in [0.3, 0.4) is 0 Å². The van der Waals surface area contributed by atoms with Gasteiger partial charge in [-0.2, -0.15) is 5.10 Å². The first-order valence-electron chi connectivity index (χ1n) is 5.08. The summed E-state index contributed by atoms with van der Waals surface area (Å²) in [4.78, 5) is 11.5. The topological polar surface area (TPSA) is 79.4 Å². The van der Waals surface area contributed by atoms with Gasteiger partial charge in [0.1, 0.15) is 5.82 Å². The molecule has 0 aliphatic carbocycles. The lowest BCUT2D eigenvalue weighted by Crippen LogP contribution is -2.07.